The fourth-order valence-electron chi connectivity index (χ4n) is 3.01. The van der Waals surface area contributed by atoms with E-state index in [1.165, 1.54) is 5.39 Å². The molecule has 0 aliphatic heterocycles. The highest BCUT2D eigenvalue weighted by Crippen LogP contribution is 2.38. The van der Waals surface area contributed by atoms with Crippen molar-refractivity contribution in [3.8, 4) is 28.5 Å². The highest BCUT2D eigenvalue weighted by atomic mass is 14.7. The van der Waals surface area contributed by atoms with Gasteiger partial charge in [-0.05, 0) is 29.3 Å². The predicted octanol–water partition coefficient (Wildman–Crippen LogP) is 5.37. The Morgan fingerprint density at radius 3 is 2.30 bits per heavy atom. The lowest BCUT2D eigenvalue weighted by atomic mass is 9.97. The van der Waals surface area contributed by atoms with E-state index in [0.29, 0.717) is 5.56 Å². The van der Waals surface area contributed by atoms with Gasteiger partial charge in [-0.25, -0.2) is 0 Å². The maximum atomic E-state index is 9.20. The molecule has 0 amide bonds. The van der Waals surface area contributed by atoms with Crippen molar-refractivity contribution in [1.82, 2.24) is 4.98 Å². The molecule has 0 aliphatic carbocycles. The predicted molar refractivity (Wildman–Crippen MR) is 93.9 cm³/mol. The van der Waals surface area contributed by atoms with Crippen molar-refractivity contribution in [2.24, 2.45) is 0 Å². The summed E-state index contributed by atoms with van der Waals surface area (Å²) >= 11 is 0. The molecule has 0 saturated carbocycles. The van der Waals surface area contributed by atoms with E-state index >= 15 is 0 Å². The van der Waals surface area contributed by atoms with Crippen LogP contribution in [0.15, 0.2) is 78.9 Å². The Morgan fingerprint density at radius 1 is 0.739 bits per heavy atom. The monoisotopic (exact) mass is 294 g/mol. The number of hydrogen-bond donors (Lipinski definition) is 1. The van der Waals surface area contributed by atoms with Crippen LogP contribution in [-0.2, 0) is 0 Å². The van der Waals surface area contributed by atoms with Gasteiger partial charge in [0.1, 0.15) is 0 Å². The van der Waals surface area contributed by atoms with Crippen LogP contribution in [0.1, 0.15) is 5.56 Å². The average Bonchev–Trinajstić information content (AvgIpc) is 3.02. The number of fused-ring (bicyclic) bond motifs is 1. The maximum Gasteiger partial charge on any atom is 0.0991 e. The van der Waals surface area contributed by atoms with E-state index in [-0.39, 0.29) is 0 Å². The molecule has 108 valence electrons. The van der Waals surface area contributed by atoms with Crippen molar-refractivity contribution >= 4 is 10.9 Å². The van der Waals surface area contributed by atoms with Gasteiger partial charge in [0.25, 0.3) is 0 Å². The third kappa shape index (κ3) is 2.29. The number of hydrogen-bond acceptors (Lipinski definition) is 1. The summed E-state index contributed by atoms with van der Waals surface area (Å²) in [6.07, 6.45) is 0. The molecule has 1 heterocycles. The summed E-state index contributed by atoms with van der Waals surface area (Å²) in [4.78, 5) is 3.53. The van der Waals surface area contributed by atoms with Gasteiger partial charge in [-0.2, -0.15) is 5.26 Å². The van der Waals surface area contributed by atoms with Crippen LogP contribution in [0.5, 0.6) is 0 Å². The molecule has 4 rings (SSSR count). The van der Waals surface area contributed by atoms with E-state index in [9.17, 15) is 5.26 Å². The number of rotatable bonds is 2. The number of aromatic nitrogens is 1. The Bertz CT molecular complexity index is 1020. The van der Waals surface area contributed by atoms with Gasteiger partial charge < -0.3 is 4.98 Å². The zero-order valence-corrected chi connectivity index (χ0v) is 12.5. The van der Waals surface area contributed by atoms with Crippen molar-refractivity contribution in [3.63, 3.8) is 0 Å². The van der Waals surface area contributed by atoms with Crippen LogP contribution >= 0.6 is 0 Å². The van der Waals surface area contributed by atoms with Gasteiger partial charge in [0, 0.05) is 16.5 Å². The summed E-state index contributed by atoms with van der Waals surface area (Å²) in [6, 6.07) is 28.6. The molecule has 4 aromatic rings. The van der Waals surface area contributed by atoms with Crippen molar-refractivity contribution in [2.45, 2.75) is 0 Å². The number of benzene rings is 3. The van der Waals surface area contributed by atoms with Gasteiger partial charge in [-0.15, -0.1) is 0 Å². The molecule has 0 bridgehead atoms. The van der Waals surface area contributed by atoms with Crippen LogP contribution in [0.2, 0.25) is 0 Å². The minimum Gasteiger partial charge on any atom is -0.354 e. The number of nitrogens with one attached hydrogen (secondary N) is 1. The Balaban J connectivity index is 2.06. The average molecular weight is 294 g/mol. The second-order valence-corrected chi connectivity index (χ2v) is 5.48. The molecular weight excluding hydrogens is 280 g/mol. The molecule has 1 N–H and O–H groups in total. The van der Waals surface area contributed by atoms with E-state index < -0.39 is 0 Å². The number of nitriles is 1. The Kier molecular flexibility index (Phi) is 3.18. The summed E-state index contributed by atoms with van der Waals surface area (Å²) < 4.78 is 0. The molecule has 2 nitrogen and oxygen atoms in total. The molecule has 0 spiro atoms. The molecule has 3 aromatic carbocycles. The number of para-hydroxylation sites is 1. The molecule has 0 aliphatic rings. The first-order chi connectivity index (χ1) is 11.4. The van der Waals surface area contributed by atoms with E-state index in [2.05, 4.69) is 41.4 Å². The second-order valence-electron chi connectivity index (χ2n) is 5.48. The standard InChI is InChI=1S/C21H14N2/c22-14-15-7-6-10-17(13-15)20-18-11-4-5-12-19(18)23-21(20)16-8-2-1-3-9-16/h1-13,23H. The third-order valence-corrected chi connectivity index (χ3v) is 4.05. The Hall–Kier alpha value is -3.31. The van der Waals surface area contributed by atoms with Gasteiger partial charge >= 0.3 is 0 Å². The molecule has 23 heavy (non-hydrogen) atoms. The first-order valence-electron chi connectivity index (χ1n) is 7.53. The lowest BCUT2D eigenvalue weighted by molar-refractivity contribution is 1.44. The largest absolute Gasteiger partial charge is 0.354 e. The number of nitrogens with zero attached hydrogens (tertiary/aromatic N) is 1. The van der Waals surface area contributed by atoms with Crippen molar-refractivity contribution in [1.29, 1.82) is 5.26 Å². The molecular formula is C21H14N2. The summed E-state index contributed by atoms with van der Waals surface area (Å²) in [5.41, 5.74) is 6.20. The second kappa shape index (κ2) is 5.47. The van der Waals surface area contributed by atoms with E-state index in [1.54, 1.807) is 0 Å². The van der Waals surface area contributed by atoms with Crippen LogP contribution in [0, 0.1) is 11.3 Å². The van der Waals surface area contributed by atoms with Gasteiger partial charge in [0.2, 0.25) is 0 Å². The van der Waals surface area contributed by atoms with Gasteiger partial charge in [-0.1, -0.05) is 60.7 Å². The number of aromatic amines is 1. The molecule has 0 unspecified atom stereocenters. The highest BCUT2D eigenvalue weighted by Gasteiger charge is 2.14. The normalized spacial score (nSPS) is 10.6. The fraction of sp³-hybridized carbons (Fsp3) is 0. The lowest BCUT2D eigenvalue weighted by Crippen LogP contribution is -1.84. The molecule has 0 atom stereocenters. The Morgan fingerprint density at radius 2 is 1.48 bits per heavy atom. The van der Waals surface area contributed by atoms with E-state index in [0.717, 1.165) is 27.9 Å². The van der Waals surface area contributed by atoms with Crippen LogP contribution in [0.3, 0.4) is 0 Å². The smallest absolute Gasteiger partial charge is 0.0991 e. The van der Waals surface area contributed by atoms with Crippen molar-refractivity contribution in [3.05, 3.63) is 84.4 Å². The number of H-pyrrole nitrogens is 1. The summed E-state index contributed by atoms with van der Waals surface area (Å²) in [5.74, 6) is 0. The van der Waals surface area contributed by atoms with Crippen molar-refractivity contribution < 1.29 is 0 Å². The zero-order valence-electron chi connectivity index (χ0n) is 12.5. The molecule has 2 heteroatoms. The molecule has 0 radical (unpaired) electrons. The van der Waals surface area contributed by atoms with Crippen LogP contribution in [0.25, 0.3) is 33.3 Å². The fourth-order valence-corrected chi connectivity index (χ4v) is 3.01. The molecule has 1 aromatic heterocycles. The van der Waals surface area contributed by atoms with Gasteiger partial charge in [0.05, 0.1) is 17.3 Å². The SMILES string of the molecule is N#Cc1cccc(-c2c(-c3ccccc3)[nH]c3ccccc23)c1. The minimum absolute atomic E-state index is 0.673. The van der Waals surface area contributed by atoms with Crippen LogP contribution in [0.4, 0.5) is 0 Å². The van der Waals surface area contributed by atoms with E-state index in [1.807, 2.05) is 48.5 Å². The van der Waals surface area contributed by atoms with Crippen LogP contribution < -0.4 is 0 Å². The topological polar surface area (TPSA) is 39.6 Å². The Labute approximate surface area is 134 Å². The first kappa shape index (κ1) is 13.4. The van der Waals surface area contributed by atoms with Gasteiger partial charge in [-0.3, -0.25) is 0 Å². The molecule has 0 saturated heterocycles. The highest BCUT2D eigenvalue weighted by molar-refractivity contribution is 6.03. The first-order valence-corrected chi connectivity index (χ1v) is 7.53. The summed E-state index contributed by atoms with van der Waals surface area (Å²) in [6.45, 7) is 0. The summed E-state index contributed by atoms with van der Waals surface area (Å²) in [5, 5.41) is 10.4. The van der Waals surface area contributed by atoms with E-state index in [4.69, 9.17) is 0 Å². The van der Waals surface area contributed by atoms with Gasteiger partial charge in [0.15, 0.2) is 0 Å². The quantitative estimate of drug-likeness (QED) is 0.530. The molecule has 0 fully saturated rings. The van der Waals surface area contributed by atoms with Crippen molar-refractivity contribution in [2.75, 3.05) is 0 Å². The maximum absolute atomic E-state index is 9.20. The third-order valence-electron chi connectivity index (χ3n) is 4.05. The summed E-state index contributed by atoms with van der Waals surface area (Å²) in [7, 11) is 0. The lowest BCUT2D eigenvalue weighted by Gasteiger charge is -2.06. The van der Waals surface area contributed by atoms with Crippen LogP contribution in [-0.4, -0.2) is 4.98 Å². The zero-order chi connectivity index (χ0) is 15.6. The minimum atomic E-state index is 0.673.